The summed E-state index contributed by atoms with van der Waals surface area (Å²) in [7, 11) is 0. The van der Waals surface area contributed by atoms with Crippen molar-refractivity contribution in [1.29, 1.82) is 0 Å². The lowest BCUT2D eigenvalue weighted by Crippen LogP contribution is -2.45. The second-order valence-corrected chi connectivity index (χ2v) is 14.4. The molecule has 9 aromatic carbocycles. The topological polar surface area (TPSA) is 49.6 Å². The fourth-order valence-electron chi connectivity index (χ4n) is 8.51. The Morgan fingerprint density at radius 2 is 1.16 bits per heavy atom. The Balaban J connectivity index is 1.02. The van der Waals surface area contributed by atoms with Crippen LogP contribution in [0.2, 0.25) is 0 Å². The molecule has 0 bridgehead atoms. The van der Waals surface area contributed by atoms with Crippen LogP contribution >= 0.6 is 0 Å². The van der Waals surface area contributed by atoms with E-state index in [-0.39, 0.29) is 12.3 Å². The highest BCUT2D eigenvalue weighted by atomic mass is 16.3. The molecule has 0 spiro atoms. The molecule has 0 fully saturated rings. The first-order valence-corrected chi connectivity index (χ1v) is 18.9. The predicted molar refractivity (Wildman–Crippen MR) is 228 cm³/mol. The molecule has 2 unspecified atom stereocenters. The van der Waals surface area contributed by atoms with E-state index < -0.39 is 0 Å². The molecule has 4 heteroatoms. The third kappa shape index (κ3) is 5.38. The SMILES string of the molecule is c1ccc(C2=NC(c3ccc4ccccc4c3)NC(c3ccc(-c4cccc5oc6cc(-c7cccc8ccccc78)ccc6c45)c4ccccc34)N2)cc1. The van der Waals surface area contributed by atoms with Crippen LogP contribution in [0.1, 0.15) is 29.0 Å². The molecule has 4 nitrogen and oxygen atoms in total. The van der Waals surface area contributed by atoms with Crippen molar-refractivity contribution in [2.75, 3.05) is 0 Å². The quantitative estimate of drug-likeness (QED) is 0.187. The molecule has 11 rings (SSSR count). The Kier molecular flexibility index (Phi) is 7.35. The summed E-state index contributed by atoms with van der Waals surface area (Å²) >= 11 is 0. The molecule has 55 heavy (non-hydrogen) atoms. The Morgan fingerprint density at radius 3 is 2.05 bits per heavy atom. The lowest BCUT2D eigenvalue weighted by Gasteiger charge is -2.33. The van der Waals surface area contributed by atoms with Gasteiger partial charge in [0.2, 0.25) is 0 Å². The van der Waals surface area contributed by atoms with E-state index in [1.54, 1.807) is 0 Å². The Bertz CT molecular complexity index is 3120. The summed E-state index contributed by atoms with van der Waals surface area (Å²) in [5.41, 5.74) is 9.79. The molecule has 0 aliphatic carbocycles. The highest BCUT2D eigenvalue weighted by molar-refractivity contribution is 6.16. The van der Waals surface area contributed by atoms with Crippen LogP contribution in [0, 0.1) is 0 Å². The molecular weight excluding hydrogens is 671 g/mol. The van der Waals surface area contributed by atoms with Gasteiger partial charge in [-0.15, -0.1) is 0 Å². The largest absolute Gasteiger partial charge is 0.456 e. The zero-order valence-corrected chi connectivity index (χ0v) is 29.9. The van der Waals surface area contributed by atoms with Gasteiger partial charge in [0.25, 0.3) is 0 Å². The van der Waals surface area contributed by atoms with Crippen LogP contribution in [0.15, 0.2) is 197 Å². The molecule has 0 saturated heterocycles. The van der Waals surface area contributed by atoms with Crippen molar-refractivity contribution in [2.24, 2.45) is 4.99 Å². The van der Waals surface area contributed by atoms with E-state index >= 15 is 0 Å². The van der Waals surface area contributed by atoms with E-state index in [1.807, 2.05) is 6.07 Å². The molecule has 0 radical (unpaired) electrons. The number of furan rings is 1. The van der Waals surface area contributed by atoms with Crippen LogP contribution in [0.5, 0.6) is 0 Å². The van der Waals surface area contributed by atoms with Gasteiger partial charge in [0.15, 0.2) is 0 Å². The molecular formula is C51H35N3O. The number of amidine groups is 1. The standard InChI is InChI=1S/C51H35N3O/c1-2-14-34(15-3-1)49-52-50(37-25-24-32-12-4-5-16-35(32)30-37)54-51(53-49)44-29-28-42(40-19-8-9-20-41(40)44)43-22-11-23-46-48(43)45-27-26-36(31-47(45)55-46)39-21-10-17-33-13-6-7-18-38(33)39/h1-31,50-51,54H,(H,52,53). The van der Waals surface area contributed by atoms with Gasteiger partial charge in [-0.2, -0.15) is 0 Å². The fraction of sp³-hybridized carbons (Fsp3) is 0.0392. The summed E-state index contributed by atoms with van der Waals surface area (Å²) in [5, 5.41) is 17.1. The van der Waals surface area contributed by atoms with Gasteiger partial charge in [-0.3, -0.25) is 5.32 Å². The summed E-state index contributed by atoms with van der Waals surface area (Å²) in [6.45, 7) is 0. The smallest absolute Gasteiger partial charge is 0.136 e. The summed E-state index contributed by atoms with van der Waals surface area (Å²) in [6, 6.07) is 66.9. The number of fused-ring (bicyclic) bond motifs is 6. The van der Waals surface area contributed by atoms with Crippen molar-refractivity contribution in [1.82, 2.24) is 10.6 Å². The number of nitrogens with zero attached hydrogens (tertiary/aromatic N) is 1. The molecule has 2 atom stereocenters. The van der Waals surface area contributed by atoms with Crippen molar-refractivity contribution >= 4 is 60.1 Å². The molecule has 2 heterocycles. The van der Waals surface area contributed by atoms with Crippen LogP contribution in [0.4, 0.5) is 0 Å². The molecule has 1 aliphatic heterocycles. The van der Waals surface area contributed by atoms with E-state index in [4.69, 9.17) is 9.41 Å². The average molecular weight is 706 g/mol. The third-order valence-corrected chi connectivity index (χ3v) is 11.2. The van der Waals surface area contributed by atoms with E-state index in [9.17, 15) is 0 Å². The number of benzene rings is 9. The number of rotatable bonds is 5. The van der Waals surface area contributed by atoms with Crippen LogP contribution in [-0.4, -0.2) is 5.84 Å². The number of nitrogens with one attached hydrogen (secondary N) is 2. The van der Waals surface area contributed by atoms with Crippen LogP contribution in [0.25, 0.3) is 76.5 Å². The van der Waals surface area contributed by atoms with E-state index in [0.717, 1.165) is 55.6 Å². The van der Waals surface area contributed by atoms with Crippen LogP contribution in [0.3, 0.4) is 0 Å². The molecule has 0 saturated carbocycles. The second kappa shape index (κ2) is 12.8. The Hall–Kier alpha value is -7.01. The maximum absolute atomic E-state index is 6.62. The molecule has 1 aliphatic rings. The lowest BCUT2D eigenvalue weighted by molar-refractivity contribution is 0.411. The minimum absolute atomic E-state index is 0.193. The van der Waals surface area contributed by atoms with Crippen molar-refractivity contribution < 1.29 is 4.42 Å². The Morgan fingerprint density at radius 1 is 0.436 bits per heavy atom. The first-order valence-electron chi connectivity index (χ1n) is 18.9. The van der Waals surface area contributed by atoms with Gasteiger partial charge in [0.05, 0.1) is 0 Å². The van der Waals surface area contributed by atoms with Gasteiger partial charge < -0.3 is 9.73 Å². The monoisotopic (exact) mass is 705 g/mol. The summed E-state index contributed by atoms with van der Waals surface area (Å²) in [4.78, 5) is 5.23. The van der Waals surface area contributed by atoms with Crippen LogP contribution < -0.4 is 10.6 Å². The van der Waals surface area contributed by atoms with E-state index in [1.165, 1.54) is 43.4 Å². The van der Waals surface area contributed by atoms with E-state index in [2.05, 4.69) is 193 Å². The lowest BCUT2D eigenvalue weighted by atomic mass is 9.91. The van der Waals surface area contributed by atoms with E-state index in [0.29, 0.717) is 0 Å². The highest BCUT2D eigenvalue weighted by Gasteiger charge is 2.27. The van der Waals surface area contributed by atoms with Crippen molar-refractivity contribution in [3.8, 4) is 22.3 Å². The molecule has 1 aromatic heterocycles. The average Bonchev–Trinajstić information content (AvgIpc) is 3.64. The summed E-state index contributed by atoms with van der Waals surface area (Å²) in [6.07, 6.45) is -0.435. The first kappa shape index (κ1) is 31.5. The summed E-state index contributed by atoms with van der Waals surface area (Å²) in [5.74, 6) is 0.869. The zero-order valence-electron chi connectivity index (χ0n) is 29.9. The minimum atomic E-state index is -0.241. The molecule has 0 amide bonds. The van der Waals surface area contributed by atoms with Crippen molar-refractivity contribution in [3.05, 3.63) is 205 Å². The van der Waals surface area contributed by atoms with Gasteiger partial charge in [-0.05, 0) is 90.0 Å². The maximum Gasteiger partial charge on any atom is 0.136 e. The second-order valence-electron chi connectivity index (χ2n) is 14.4. The number of hydrogen-bond acceptors (Lipinski definition) is 4. The summed E-state index contributed by atoms with van der Waals surface area (Å²) < 4.78 is 6.62. The highest BCUT2D eigenvalue weighted by Crippen LogP contribution is 2.42. The zero-order chi connectivity index (χ0) is 36.3. The predicted octanol–water partition coefficient (Wildman–Crippen LogP) is 12.7. The van der Waals surface area contributed by atoms with Gasteiger partial charge in [-0.25, -0.2) is 4.99 Å². The van der Waals surface area contributed by atoms with Gasteiger partial charge >= 0.3 is 0 Å². The van der Waals surface area contributed by atoms with Crippen molar-refractivity contribution in [2.45, 2.75) is 12.3 Å². The van der Waals surface area contributed by atoms with Gasteiger partial charge in [0.1, 0.15) is 29.3 Å². The van der Waals surface area contributed by atoms with Crippen molar-refractivity contribution in [3.63, 3.8) is 0 Å². The first-order chi connectivity index (χ1) is 27.2. The Labute approximate surface area is 318 Å². The number of aliphatic imine (C=N–C) groups is 1. The van der Waals surface area contributed by atoms with Gasteiger partial charge in [-0.1, -0.05) is 164 Å². The third-order valence-electron chi connectivity index (χ3n) is 11.2. The molecule has 10 aromatic rings. The normalized spacial score (nSPS) is 15.8. The molecule has 260 valence electrons. The molecule has 2 N–H and O–H groups in total. The van der Waals surface area contributed by atoms with Gasteiger partial charge in [0, 0.05) is 16.3 Å². The van der Waals surface area contributed by atoms with Crippen LogP contribution in [-0.2, 0) is 0 Å². The maximum atomic E-state index is 6.62. The minimum Gasteiger partial charge on any atom is -0.456 e. The fourth-order valence-corrected chi connectivity index (χ4v) is 8.51. The number of hydrogen-bond donors (Lipinski definition) is 2.